The highest BCUT2D eigenvalue weighted by atomic mass is 32.2. The maximum Gasteiger partial charge on any atom is 0.178 e. The molecule has 0 spiro atoms. The topological polar surface area (TPSA) is 54.4 Å². The minimum atomic E-state index is -3.21. The number of sulfone groups is 1. The zero-order chi connectivity index (χ0) is 13.1. The molecule has 1 rings (SSSR count). The van der Waals surface area contributed by atoms with Gasteiger partial charge in [-0.05, 0) is 45.2 Å². The van der Waals surface area contributed by atoms with Crippen LogP contribution < -0.4 is 0 Å². The highest BCUT2D eigenvalue weighted by molar-refractivity contribution is 7.91. The van der Waals surface area contributed by atoms with E-state index >= 15 is 0 Å². The summed E-state index contributed by atoms with van der Waals surface area (Å²) in [5.74, 6) is 0.0990. The summed E-state index contributed by atoms with van der Waals surface area (Å²) in [7, 11) is -3.21. The number of rotatable bonds is 5. The average molecular weight is 256 g/mol. The third-order valence-electron chi connectivity index (χ3n) is 2.70. The Labute approximate surface area is 103 Å². The van der Waals surface area contributed by atoms with Crippen LogP contribution in [0.5, 0.6) is 0 Å². The summed E-state index contributed by atoms with van der Waals surface area (Å²) in [6.07, 6.45) is 0.571. The van der Waals surface area contributed by atoms with Gasteiger partial charge >= 0.3 is 0 Å². The average Bonchev–Trinajstić information content (AvgIpc) is 2.15. The van der Waals surface area contributed by atoms with Crippen molar-refractivity contribution in [3.8, 4) is 0 Å². The summed E-state index contributed by atoms with van der Waals surface area (Å²) in [5, 5.41) is 9.12. The van der Waals surface area contributed by atoms with Gasteiger partial charge in [-0.25, -0.2) is 8.42 Å². The van der Waals surface area contributed by atoms with E-state index in [2.05, 4.69) is 0 Å². The quantitative estimate of drug-likeness (QED) is 0.879. The summed E-state index contributed by atoms with van der Waals surface area (Å²) in [4.78, 5) is 0.411. The number of aliphatic hydroxyl groups is 1. The maximum atomic E-state index is 12.1. The van der Waals surface area contributed by atoms with Crippen molar-refractivity contribution in [1.29, 1.82) is 0 Å². The van der Waals surface area contributed by atoms with Crippen LogP contribution >= 0.6 is 0 Å². The van der Waals surface area contributed by atoms with E-state index in [4.69, 9.17) is 5.11 Å². The molecule has 0 saturated heterocycles. The van der Waals surface area contributed by atoms with Crippen LogP contribution in [0.1, 0.15) is 30.9 Å². The van der Waals surface area contributed by atoms with Gasteiger partial charge in [0, 0.05) is 0 Å². The molecule has 1 aromatic carbocycles. The molecule has 4 heteroatoms. The Kier molecular flexibility index (Phi) is 4.71. The minimum absolute atomic E-state index is 0.0990. The van der Waals surface area contributed by atoms with E-state index in [-0.39, 0.29) is 5.75 Å². The highest BCUT2D eigenvalue weighted by Crippen LogP contribution is 2.19. The van der Waals surface area contributed by atoms with E-state index in [1.165, 1.54) is 0 Å². The van der Waals surface area contributed by atoms with Crippen molar-refractivity contribution in [2.75, 3.05) is 5.75 Å². The van der Waals surface area contributed by atoms with Crippen molar-refractivity contribution >= 4 is 9.84 Å². The van der Waals surface area contributed by atoms with Crippen molar-refractivity contribution in [1.82, 2.24) is 0 Å². The van der Waals surface area contributed by atoms with E-state index in [1.807, 2.05) is 26.0 Å². The summed E-state index contributed by atoms with van der Waals surface area (Å²) in [6, 6.07) is 5.36. The lowest BCUT2D eigenvalue weighted by atomic mass is 10.2. The fourth-order valence-corrected chi connectivity index (χ4v) is 3.42. The lowest BCUT2D eigenvalue weighted by Crippen LogP contribution is -2.11. The van der Waals surface area contributed by atoms with Gasteiger partial charge in [0.05, 0.1) is 16.8 Å². The van der Waals surface area contributed by atoms with Gasteiger partial charge in [-0.1, -0.05) is 17.7 Å². The molecule has 0 bridgehead atoms. The number of benzene rings is 1. The smallest absolute Gasteiger partial charge is 0.178 e. The molecule has 1 unspecified atom stereocenters. The molecule has 0 saturated carbocycles. The van der Waals surface area contributed by atoms with Gasteiger partial charge in [-0.2, -0.15) is 0 Å². The molecular weight excluding hydrogens is 236 g/mol. The molecule has 3 nitrogen and oxygen atoms in total. The summed E-state index contributed by atoms with van der Waals surface area (Å²) in [5.41, 5.74) is 1.85. The predicted molar refractivity (Wildman–Crippen MR) is 68.9 cm³/mol. The largest absolute Gasteiger partial charge is 0.393 e. The van der Waals surface area contributed by atoms with E-state index in [1.54, 1.807) is 13.0 Å². The van der Waals surface area contributed by atoms with E-state index < -0.39 is 15.9 Å². The Hall–Kier alpha value is -0.870. The molecule has 0 heterocycles. The van der Waals surface area contributed by atoms with Crippen molar-refractivity contribution in [2.24, 2.45) is 0 Å². The first-order valence-corrected chi connectivity index (χ1v) is 7.46. The second kappa shape index (κ2) is 5.65. The van der Waals surface area contributed by atoms with Crippen LogP contribution in [0.3, 0.4) is 0 Å². The molecule has 0 fully saturated rings. The van der Waals surface area contributed by atoms with Crippen LogP contribution in [-0.4, -0.2) is 25.4 Å². The minimum Gasteiger partial charge on any atom is -0.393 e. The van der Waals surface area contributed by atoms with E-state index in [0.717, 1.165) is 11.1 Å². The Bertz CT molecular complexity index is 475. The van der Waals surface area contributed by atoms with E-state index in [9.17, 15) is 8.42 Å². The van der Waals surface area contributed by atoms with Crippen molar-refractivity contribution in [3.05, 3.63) is 29.3 Å². The second-order valence-corrected chi connectivity index (χ2v) is 6.66. The summed E-state index contributed by atoms with van der Waals surface area (Å²) in [6.45, 7) is 5.43. The monoisotopic (exact) mass is 256 g/mol. The van der Waals surface area contributed by atoms with Gasteiger partial charge in [0.25, 0.3) is 0 Å². The van der Waals surface area contributed by atoms with Gasteiger partial charge in [0.1, 0.15) is 0 Å². The van der Waals surface area contributed by atoms with Gasteiger partial charge < -0.3 is 5.11 Å². The molecule has 0 amide bonds. The molecule has 1 atom stereocenters. The Morgan fingerprint density at radius 2 is 1.94 bits per heavy atom. The molecule has 17 heavy (non-hydrogen) atoms. The van der Waals surface area contributed by atoms with Crippen LogP contribution in [0, 0.1) is 13.8 Å². The number of hydrogen-bond donors (Lipinski definition) is 1. The predicted octanol–water partition coefficient (Wildman–Crippen LogP) is 2.24. The third kappa shape index (κ3) is 4.13. The summed E-state index contributed by atoms with van der Waals surface area (Å²) < 4.78 is 24.1. The first-order valence-electron chi connectivity index (χ1n) is 5.81. The van der Waals surface area contributed by atoms with Gasteiger partial charge in [0.15, 0.2) is 9.84 Å². The lowest BCUT2D eigenvalue weighted by Gasteiger charge is -2.09. The maximum absolute atomic E-state index is 12.1. The Morgan fingerprint density at radius 1 is 1.29 bits per heavy atom. The normalized spacial score (nSPS) is 13.6. The standard InChI is InChI=1S/C13H20O3S/c1-10-6-7-13(11(2)9-10)17(15,16)8-4-5-12(3)14/h6-7,9,12,14H,4-5,8H2,1-3H3. The molecule has 0 aliphatic rings. The zero-order valence-corrected chi connectivity index (χ0v) is 11.4. The Balaban J connectivity index is 2.83. The number of aliphatic hydroxyl groups excluding tert-OH is 1. The van der Waals surface area contributed by atoms with Gasteiger partial charge in [0.2, 0.25) is 0 Å². The first kappa shape index (κ1) is 14.2. The van der Waals surface area contributed by atoms with Gasteiger partial charge in [-0.3, -0.25) is 0 Å². The molecule has 96 valence electrons. The van der Waals surface area contributed by atoms with Crippen LogP contribution in [-0.2, 0) is 9.84 Å². The SMILES string of the molecule is Cc1ccc(S(=O)(=O)CCCC(C)O)c(C)c1. The Morgan fingerprint density at radius 3 is 2.47 bits per heavy atom. The lowest BCUT2D eigenvalue weighted by molar-refractivity contribution is 0.184. The molecule has 0 radical (unpaired) electrons. The fourth-order valence-electron chi connectivity index (χ4n) is 1.83. The molecule has 1 aromatic rings. The van der Waals surface area contributed by atoms with Crippen LogP contribution in [0.15, 0.2) is 23.1 Å². The van der Waals surface area contributed by atoms with Crippen LogP contribution in [0.4, 0.5) is 0 Å². The summed E-state index contributed by atoms with van der Waals surface area (Å²) >= 11 is 0. The van der Waals surface area contributed by atoms with Crippen LogP contribution in [0.2, 0.25) is 0 Å². The molecular formula is C13H20O3S. The number of hydrogen-bond acceptors (Lipinski definition) is 3. The second-order valence-electron chi connectivity index (χ2n) is 4.58. The fraction of sp³-hybridized carbons (Fsp3) is 0.538. The highest BCUT2D eigenvalue weighted by Gasteiger charge is 2.16. The first-order chi connectivity index (χ1) is 7.83. The number of aryl methyl sites for hydroxylation is 2. The van der Waals surface area contributed by atoms with Crippen molar-refractivity contribution in [3.63, 3.8) is 0 Å². The molecule has 0 aliphatic carbocycles. The van der Waals surface area contributed by atoms with Crippen molar-refractivity contribution < 1.29 is 13.5 Å². The molecule has 1 N–H and O–H groups in total. The van der Waals surface area contributed by atoms with Crippen molar-refractivity contribution in [2.45, 2.75) is 44.6 Å². The molecule has 0 aromatic heterocycles. The third-order valence-corrected chi connectivity index (χ3v) is 4.65. The zero-order valence-electron chi connectivity index (χ0n) is 10.6. The molecule has 0 aliphatic heterocycles. The van der Waals surface area contributed by atoms with E-state index in [0.29, 0.717) is 17.7 Å². The van der Waals surface area contributed by atoms with Crippen LogP contribution in [0.25, 0.3) is 0 Å². The van der Waals surface area contributed by atoms with Gasteiger partial charge in [-0.15, -0.1) is 0 Å².